The highest BCUT2D eigenvalue weighted by atomic mass is 16.1. The van der Waals surface area contributed by atoms with Gasteiger partial charge in [-0.15, -0.1) is 0 Å². The van der Waals surface area contributed by atoms with Crippen molar-refractivity contribution in [1.29, 1.82) is 0 Å². The lowest BCUT2D eigenvalue weighted by Crippen LogP contribution is -2.50. The second-order valence-electron chi connectivity index (χ2n) is 8.00. The third kappa shape index (κ3) is 4.33. The fraction of sp³-hybridized carbons (Fsp3) is 0.524. The molecule has 1 aromatic heterocycles. The number of fused-ring (bicyclic) bond motifs is 1. The normalized spacial score (nSPS) is 15.5. The van der Waals surface area contributed by atoms with Crippen molar-refractivity contribution < 1.29 is 4.79 Å². The van der Waals surface area contributed by atoms with Gasteiger partial charge in [0.1, 0.15) is 0 Å². The molecule has 5 nitrogen and oxygen atoms in total. The van der Waals surface area contributed by atoms with Crippen LogP contribution < -0.4 is 10.9 Å². The fourth-order valence-electron chi connectivity index (χ4n) is 3.63. The Hall–Kier alpha value is -2.14. The van der Waals surface area contributed by atoms with E-state index in [4.69, 9.17) is 0 Å². The third-order valence-electron chi connectivity index (χ3n) is 5.38. The number of pyridine rings is 1. The zero-order valence-electron chi connectivity index (χ0n) is 16.0. The Labute approximate surface area is 154 Å². The lowest BCUT2D eigenvalue weighted by molar-refractivity contribution is -0.121. The Morgan fingerprint density at radius 1 is 1.23 bits per heavy atom. The molecule has 26 heavy (non-hydrogen) atoms. The van der Waals surface area contributed by atoms with Gasteiger partial charge in [-0.05, 0) is 76.2 Å². The van der Waals surface area contributed by atoms with E-state index in [9.17, 15) is 9.59 Å². The van der Waals surface area contributed by atoms with Crippen molar-refractivity contribution in [3.63, 3.8) is 0 Å². The van der Waals surface area contributed by atoms with Crippen LogP contribution in [-0.2, 0) is 11.2 Å². The molecule has 5 heteroatoms. The van der Waals surface area contributed by atoms with Gasteiger partial charge >= 0.3 is 0 Å². The van der Waals surface area contributed by atoms with Crippen molar-refractivity contribution in [1.82, 2.24) is 15.2 Å². The number of nitrogens with zero attached hydrogens (tertiary/aromatic N) is 1. The quantitative estimate of drug-likeness (QED) is 0.837. The number of amides is 1. The summed E-state index contributed by atoms with van der Waals surface area (Å²) >= 11 is 0. The molecule has 0 spiro atoms. The number of hydrogen-bond acceptors (Lipinski definition) is 3. The van der Waals surface area contributed by atoms with Gasteiger partial charge in [0.25, 0.3) is 5.56 Å². The van der Waals surface area contributed by atoms with Crippen LogP contribution in [0.5, 0.6) is 0 Å². The van der Waals surface area contributed by atoms with Crippen LogP contribution in [0.25, 0.3) is 10.9 Å². The van der Waals surface area contributed by atoms with Gasteiger partial charge in [-0.25, -0.2) is 0 Å². The molecule has 2 aromatic rings. The van der Waals surface area contributed by atoms with E-state index in [0.717, 1.165) is 29.6 Å². The molecule has 2 N–H and O–H groups in total. The summed E-state index contributed by atoms with van der Waals surface area (Å²) in [6.07, 6.45) is 3.26. The van der Waals surface area contributed by atoms with Crippen LogP contribution in [0.3, 0.4) is 0 Å². The minimum atomic E-state index is -0.103. The zero-order chi connectivity index (χ0) is 18.7. The molecular formula is C21H29N3O2. The molecule has 0 aliphatic carbocycles. The van der Waals surface area contributed by atoms with Crippen molar-refractivity contribution in [3.05, 3.63) is 45.7 Å². The van der Waals surface area contributed by atoms with E-state index in [-0.39, 0.29) is 17.0 Å². The second-order valence-corrected chi connectivity index (χ2v) is 8.00. The monoisotopic (exact) mass is 355 g/mol. The molecule has 1 fully saturated rings. The van der Waals surface area contributed by atoms with Crippen LogP contribution in [0.4, 0.5) is 0 Å². The first-order valence-electron chi connectivity index (χ1n) is 9.49. The summed E-state index contributed by atoms with van der Waals surface area (Å²) in [5.74, 6) is 0.000625. The van der Waals surface area contributed by atoms with Crippen LogP contribution in [0.2, 0.25) is 0 Å². The van der Waals surface area contributed by atoms with Gasteiger partial charge in [-0.3, -0.25) is 14.5 Å². The van der Waals surface area contributed by atoms with E-state index in [1.54, 1.807) is 0 Å². The molecule has 3 rings (SSSR count). The molecule has 1 aliphatic rings. The molecule has 0 saturated carbocycles. The Bertz CT molecular complexity index is 848. The van der Waals surface area contributed by atoms with E-state index < -0.39 is 0 Å². The molecule has 1 amide bonds. The number of hydrogen-bond donors (Lipinski definition) is 2. The van der Waals surface area contributed by atoms with Gasteiger partial charge in [0.15, 0.2) is 0 Å². The molecule has 0 bridgehead atoms. The Kier molecular flexibility index (Phi) is 5.47. The standard InChI is InChI=1S/C21H29N3O2/c1-15-6-7-16-13-17(20(26)23-18(16)12-15)8-9-19(25)22-14-21(2,3)24-10-4-5-11-24/h6-7,12-13H,4-5,8-11,14H2,1-3H3,(H,22,25)(H,23,26). The summed E-state index contributed by atoms with van der Waals surface area (Å²) in [7, 11) is 0. The average Bonchev–Trinajstić information content (AvgIpc) is 3.14. The molecule has 0 atom stereocenters. The molecule has 0 radical (unpaired) electrons. The van der Waals surface area contributed by atoms with Crippen LogP contribution in [0.1, 0.15) is 44.2 Å². The van der Waals surface area contributed by atoms with E-state index >= 15 is 0 Å². The summed E-state index contributed by atoms with van der Waals surface area (Å²) in [4.78, 5) is 29.9. The van der Waals surface area contributed by atoms with Gasteiger partial charge in [0, 0.05) is 29.6 Å². The average molecular weight is 355 g/mol. The van der Waals surface area contributed by atoms with E-state index in [0.29, 0.717) is 24.9 Å². The first-order valence-corrected chi connectivity index (χ1v) is 9.49. The van der Waals surface area contributed by atoms with Crippen molar-refractivity contribution >= 4 is 16.8 Å². The largest absolute Gasteiger partial charge is 0.354 e. The van der Waals surface area contributed by atoms with Crippen molar-refractivity contribution in [3.8, 4) is 0 Å². The maximum Gasteiger partial charge on any atom is 0.251 e. The van der Waals surface area contributed by atoms with Gasteiger partial charge in [-0.2, -0.15) is 0 Å². The van der Waals surface area contributed by atoms with Gasteiger partial charge in [-0.1, -0.05) is 12.1 Å². The van der Waals surface area contributed by atoms with E-state index in [1.807, 2.05) is 31.2 Å². The molecule has 1 saturated heterocycles. The Morgan fingerprint density at radius 2 is 1.96 bits per heavy atom. The summed E-state index contributed by atoms with van der Waals surface area (Å²) in [6.45, 7) is 9.20. The summed E-state index contributed by atoms with van der Waals surface area (Å²) < 4.78 is 0. The number of benzene rings is 1. The topological polar surface area (TPSA) is 65.2 Å². The first kappa shape index (κ1) is 18.6. The number of aromatic nitrogens is 1. The lowest BCUT2D eigenvalue weighted by Gasteiger charge is -2.35. The highest BCUT2D eigenvalue weighted by Gasteiger charge is 2.29. The number of aromatic amines is 1. The SMILES string of the molecule is Cc1ccc2cc(CCC(=O)NCC(C)(C)N3CCCC3)c(=O)[nH]c2c1. The van der Waals surface area contributed by atoms with Crippen LogP contribution in [-0.4, -0.2) is 41.0 Å². The number of likely N-dealkylation sites (tertiary alicyclic amines) is 1. The van der Waals surface area contributed by atoms with Crippen molar-refractivity contribution in [2.75, 3.05) is 19.6 Å². The predicted molar refractivity (Wildman–Crippen MR) is 106 cm³/mol. The summed E-state index contributed by atoms with van der Waals surface area (Å²) in [6, 6.07) is 7.89. The van der Waals surface area contributed by atoms with Gasteiger partial charge in [0.05, 0.1) is 0 Å². The van der Waals surface area contributed by atoms with Crippen LogP contribution >= 0.6 is 0 Å². The molecule has 140 valence electrons. The predicted octanol–water partition coefficient (Wildman–Crippen LogP) is 2.76. The lowest BCUT2D eigenvalue weighted by atomic mass is 10.0. The molecule has 1 aromatic carbocycles. The van der Waals surface area contributed by atoms with E-state index in [2.05, 4.69) is 29.0 Å². The Morgan fingerprint density at radius 3 is 2.69 bits per heavy atom. The molecule has 2 heterocycles. The molecule has 1 aliphatic heterocycles. The summed E-state index contributed by atoms with van der Waals surface area (Å²) in [5, 5.41) is 4.04. The first-order chi connectivity index (χ1) is 12.3. The number of carbonyl (C=O) groups is 1. The maximum absolute atomic E-state index is 12.3. The third-order valence-corrected chi connectivity index (χ3v) is 5.38. The molecular weight excluding hydrogens is 326 g/mol. The maximum atomic E-state index is 12.3. The number of carbonyl (C=O) groups excluding carboxylic acids is 1. The number of nitrogens with one attached hydrogen (secondary N) is 2. The summed E-state index contributed by atoms with van der Waals surface area (Å²) in [5.41, 5.74) is 2.49. The zero-order valence-corrected chi connectivity index (χ0v) is 16.0. The van der Waals surface area contributed by atoms with Gasteiger partial charge in [0.2, 0.25) is 5.91 Å². The van der Waals surface area contributed by atoms with Crippen LogP contribution in [0.15, 0.2) is 29.1 Å². The van der Waals surface area contributed by atoms with Crippen molar-refractivity contribution in [2.24, 2.45) is 0 Å². The van der Waals surface area contributed by atoms with Gasteiger partial charge < -0.3 is 10.3 Å². The number of H-pyrrole nitrogens is 1. The highest BCUT2D eigenvalue weighted by Crippen LogP contribution is 2.20. The minimum absolute atomic E-state index is 0.000625. The minimum Gasteiger partial charge on any atom is -0.354 e. The fourth-order valence-corrected chi connectivity index (χ4v) is 3.63. The molecule has 0 unspecified atom stereocenters. The van der Waals surface area contributed by atoms with E-state index in [1.165, 1.54) is 12.8 Å². The second kappa shape index (κ2) is 7.62. The highest BCUT2D eigenvalue weighted by molar-refractivity contribution is 5.80. The van der Waals surface area contributed by atoms with Crippen molar-refractivity contribution in [2.45, 2.75) is 52.0 Å². The number of rotatable bonds is 6. The number of aryl methyl sites for hydroxylation is 2. The smallest absolute Gasteiger partial charge is 0.251 e. The Balaban J connectivity index is 1.57. The van der Waals surface area contributed by atoms with Crippen LogP contribution in [0, 0.1) is 6.92 Å².